The summed E-state index contributed by atoms with van der Waals surface area (Å²) >= 11 is 6.19. The van der Waals surface area contributed by atoms with E-state index >= 15 is 0 Å². The van der Waals surface area contributed by atoms with E-state index in [1.165, 1.54) is 0 Å². The highest BCUT2D eigenvalue weighted by Crippen LogP contribution is 2.38. The molecule has 0 atom stereocenters. The molecule has 6 nitrogen and oxygen atoms in total. The van der Waals surface area contributed by atoms with Gasteiger partial charge in [0, 0.05) is 25.2 Å². The minimum absolute atomic E-state index is 0.531. The Morgan fingerprint density at radius 3 is 2.22 bits per heavy atom. The number of nitrogens with zero attached hydrogens (tertiary/aromatic N) is 1. The third-order valence-corrected chi connectivity index (χ3v) is 4.27. The molecule has 0 unspecified atom stereocenters. The maximum absolute atomic E-state index is 6.19. The highest BCUT2D eigenvalue weighted by molar-refractivity contribution is 6.31. The van der Waals surface area contributed by atoms with Crippen molar-refractivity contribution in [1.82, 2.24) is 10.6 Å². The van der Waals surface area contributed by atoms with Crippen molar-refractivity contribution >= 4 is 17.6 Å². The SMILES string of the molecule is CCOc1c(OC)cc(CNC(=NC)NCc2ccccc2Cl)cc1OC. The van der Waals surface area contributed by atoms with E-state index < -0.39 is 0 Å². The van der Waals surface area contributed by atoms with Gasteiger partial charge in [-0.2, -0.15) is 0 Å². The monoisotopic (exact) mass is 391 g/mol. The van der Waals surface area contributed by atoms with E-state index in [9.17, 15) is 0 Å². The summed E-state index contributed by atoms with van der Waals surface area (Å²) in [5.41, 5.74) is 1.99. The van der Waals surface area contributed by atoms with Gasteiger partial charge in [0.2, 0.25) is 5.75 Å². The van der Waals surface area contributed by atoms with E-state index in [4.69, 9.17) is 25.8 Å². The number of halogens is 1. The predicted molar refractivity (Wildman–Crippen MR) is 109 cm³/mol. The van der Waals surface area contributed by atoms with Gasteiger partial charge in [0.1, 0.15) is 0 Å². The second-order valence-electron chi connectivity index (χ2n) is 5.63. The summed E-state index contributed by atoms with van der Waals surface area (Å²) in [5.74, 6) is 2.54. The maximum atomic E-state index is 6.19. The molecule has 0 heterocycles. The van der Waals surface area contributed by atoms with Gasteiger partial charge in [0.15, 0.2) is 17.5 Å². The average molecular weight is 392 g/mol. The Balaban J connectivity index is 2.04. The van der Waals surface area contributed by atoms with E-state index in [1.807, 2.05) is 43.3 Å². The zero-order chi connectivity index (χ0) is 19.6. The van der Waals surface area contributed by atoms with Gasteiger partial charge in [0.25, 0.3) is 0 Å². The topological polar surface area (TPSA) is 64.1 Å². The average Bonchev–Trinajstić information content (AvgIpc) is 2.69. The van der Waals surface area contributed by atoms with Crippen molar-refractivity contribution in [3.8, 4) is 17.2 Å². The quantitative estimate of drug-likeness (QED) is 0.531. The Labute approximate surface area is 165 Å². The molecule has 0 bridgehead atoms. The molecule has 0 saturated carbocycles. The summed E-state index contributed by atoms with van der Waals surface area (Å²) in [6.07, 6.45) is 0. The van der Waals surface area contributed by atoms with Crippen LogP contribution in [0.1, 0.15) is 18.1 Å². The predicted octanol–water partition coefficient (Wildman–Crippen LogP) is 3.62. The lowest BCUT2D eigenvalue weighted by atomic mass is 10.1. The maximum Gasteiger partial charge on any atom is 0.203 e. The Morgan fingerprint density at radius 1 is 1.04 bits per heavy atom. The molecule has 7 heteroatoms. The van der Waals surface area contributed by atoms with E-state index in [0.29, 0.717) is 42.9 Å². The van der Waals surface area contributed by atoms with Crippen LogP contribution in [-0.2, 0) is 13.1 Å². The molecular formula is C20H26ClN3O3. The first kappa shape index (κ1) is 20.7. The second kappa shape index (κ2) is 10.5. The Kier molecular flexibility index (Phi) is 8.07. The molecule has 0 aliphatic heterocycles. The first-order chi connectivity index (χ1) is 13.1. The largest absolute Gasteiger partial charge is 0.493 e. The van der Waals surface area contributed by atoms with Crippen molar-refractivity contribution in [3.63, 3.8) is 0 Å². The molecule has 0 saturated heterocycles. The van der Waals surface area contributed by atoms with Gasteiger partial charge in [-0.05, 0) is 36.2 Å². The molecule has 2 aromatic carbocycles. The highest BCUT2D eigenvalue weighted by Gasteiger charge is 2.14. The first-order valence-corrected chi connectivity index (χ1v) is 9.06. The van der Waals surface area contributed by atoms with Crippen LogP contribution >= 0.6 is 11.6 Å². The number of guanidine groups is 1. The summed E-state index contributed by atoms with van der Waals surface area (Å²) in [4.78, 5) is 4.24. The molecule has 0 fully saturated rings. The lowest BCUT2D eigenvalue weighted by molar-refractivity contribution is 0.288. The zero-order valence-corrected chi connectivity index (χ0v) is 16.9. The number of rotatable bonds is 8. The first-order valence-electron chi connectivity index (χ1n) is 8.68. The summed E-state index contributed by atoms with van der Waals surface area (Å²) in [6, 6.07) is 11.5. The lowest BCUT2D eigenvalue weighted by Gasteiger charge is -2.17. The standard InChI is InChI=1S/C20H26ClN3O3/c1-5-27-19-17(25-3)10-14(11-18(19)26-4)12-23-20(22-2)24-13-15-8-6-7-9-16(15)21/h6-11H,5,12-13H2,1-4H3,(H2,22,23,24). The van der Waals surface area contributed by atoms with Crippen molar-refractivity contribution in [2.24, 2.45) is 4.99 Å². The zero-order valence-electron chi connectivity index (χ0n) is 16.1. The number of nitrogens with one attached hydrogen (secondary N) is 2. The van der Waals surface area contributed by atoms with Crippen LogP contribution in [0.3, 0.4) is 0 Å². The smallest absolute Gasteiger partial charge is 0.203 e. The highest BCUT2D eigenvalue weighted by atomic mass is 35.5. The second-order valence-corrected chi connectivity index (χ2v) is 6.04. The molecule has 146 valence electrons. The Bertz CT molecular complexity index is 756. The van der Waals surface area contributed by atoms with Gasteiger partial charge >= 0.3 is 0 Å². The molecule has 0 aromatic heterocycles. The molecule has 0 spiro atoms. The third-order valence-electron chi connectivity index (χ3n) is 3.90. The summed E-state index contributed by atoms with van der Waals surface area (Å²) in [5, 5.41) is 7.25. The fourth-order valence-electron chi connectivity index (χ4n) is 2.55. The summed E-state index contributed by atoms with van der Waals surface area (Å²) in [6.45, 7) is 3.57. The fraction of sp³-hybridized carbons (Fsp3) is 0.350. The number of hydrogen-bond donors (Lipinski definition) is 2. The molecule has 2 aromatic rings. The van der Waals surface area contributed by atoms with Gasteiger partial charge in [-0.25, -0.2) is 0 Å². The molecule has 2 N–H and O–H groups in total. The third kappa shape index (κ3) is 5.69. The van der Waals surface area contributed by atoms with Crippen LogP contribution in [0.2, 0.25) is 5.02 Å². The van der Waals surface area contributed by atoms with Crippen molar-refractivity contribution in [1.29, 1.82) is 0 Å². The van der Waals surface area contributed by atoms with Crippen LogP contribution in [0.15, 0.2) is 41.4 Å². The van der Waals surface area contributed by atoms with Crippen molar-refractivity contribution in [3.05, 3.63) is 52.5 Å². The van der Waals surface area contributed by atoms with Crippen LogP contribution < -0.4 is 24.8 Å². The van der Waals surface area contributed by atoms with Gasteiger partial charge in [-0.1, -0.05) is 29.8 Å². The molecule has 0 radical (unpaired) electrons. The number of benzene rings is 2. The van der Waals surface area contributed by atoms with Gasteiger partial charge < -0.3 is 24.8 Å². The fourth-order valence-corrected chi connectivity index (χ4v) is 2.75. The van der Waals surface area contributed by atoms with E-state index in [0.717, 1.165) is 16.1 Å². The lowest BCUT2D eigenvalue weighted by Crippen LogP contribution is -2.36. The molecular weight excluding hydrogens is 366 g/mol. The normalized spacial score (nSPS) is 11.1. The van der Waals surface area contributed by atoms with Crippen LogP contribution in [0, 0.1) is 0 Å². The molecule has 0 aliphatic rings. The van der Waals surface area contributed by atoms with Crippen molar-refractivity contribution in [2.75, 3.05) is 27.9 Å². The number of methoxy groups -OCH3 is 2. The Hall–Kier alpha value is -2.60. The minimum atomic E-state index is 0.531. The van der Waals surface area contributed by atoms with E-state index in [2.05, 4.69) is 15.6 Å². The number of aliphatic imine (C=N–C) groups is 1. The van der Waals surface area contributed by atoms with Gasteiger partial charge in [0.05, 0.1) is 20.8 Å². The summed E-state index contributed by atoms with van der Waals surface area (Å²) < 4.78 is 16.5. The van der Waals surface area contributed by atoms with Crippen LogP contribution in [-0.4, -0.2) is 33.8 Å². The van der Waals surface area contributed by atoms with E-state index in [-0.39, 0.29) is 0 Å². The van der Waals surface area contributed by atoms with Crippen molar-refractivity contribution in [2.45, 2.75) is 20.0 Å². The van der Waals surface area contributed by atoms with Gasteiger partial charge in [-0.3, -0.25) is 4.99 Å². The minimum Gasteiger partial charge on any atom is -0.493 e. The van der Waals surface area contributed by atoms with Crippen LogP contribution in [0.4, 0.5) is 0 Å². The number of hydrogen-bond acceptors (Lipinski definition) is 4. The molecule has 2 rings (SSSR count). The van der Waals surface area contributed by atoms with Crippen LogP contribution in [0.25, 0.3) is 0 Å². The molecule has 27 heavy (non-hydrogen) atoms. The molecule has 0 amide bonds. The van der Waals surface area contributed by atoms with Crippen molar-refractivity contribution < 1.29 is 14.2 Å². The van der Waals surface area contributed by atoms with Gasteiger partial charge in [-0.15, -0.1) is 0 Å². The van der Waals surface area contributed by atoms with Crippen LogP contribution in [0.5, 0.6) is 17.2 Å². The van der Waals surface area contributed by atoms with E-state index in [1.54, 1.807) is 21.3 Å². The molecule has 0 aliphatic carbocycles. The number of ether oxygens (including phenoxy) is 3. The Morgan fingerprint density at radius 2 is 1.67 bits per heavy atom. The summed E-state index contributed by atoms with van der Waals surface area (Å²) in [7, 11) is 4.94.